The molecule has 4 unspecified atom stereocenters. The Morgan fingerprint density at radius 3 is 2.68 bits per heavy atom. The van der Waals surface area contributed by atoms with Gasteiger partial charge in [0.05, 0.1) is 11.3 Å². The first kappa shape index (κ1) is 17.2. The molecule has 0 bridgehead atoms. The smallest absolute Gasteiger partial charge is 0.338 e. The van der Waals surface area contributed by atoms with E-state index in [1.165, 1.54) is 0 Å². The van der Waals surface area contributed by atoms with E-state index in [0.29, 0.717) is 11.5 Å². The summed E-state index contributed by atoms with van der Waals surface area (Å²) in [7, 11) is 0. The summed E-state index contributed by atoms with van der Waals surface area (Å²) in [4.78, 5) is 12.4. The maximum Gasteiger partial charge on any atom is 0.338 e. The van der Waals surface area contributed by atoms with Crippen molar-refractivity contribution in [1.82, 2.24) is 0 Å². The average molecular weight is 324 g/mol. The van der Waals surface area contributed by atoms with Crippen LogP contribution in [0.15, 0.2) is 30.3 Å². The van der Waals surface area contributed by atoms with Gasteiger partial charge >= 0.3 is 5.97 Å². The van der Waals surface area contributed by atoms with Crippen LogP contribution in [0.4, 0.5) is 0 Å². The molecule has 0 radical (unpaired) electrons. The van der Waals surface area contributed by atoms with E-state index in [-0.39, 0.29) is 17.6 Å². The molecule has 1 N–H and O–H groups in total. The van der Waals surface area contributed by atoms with Gasteiger partial charge < -0.3 is 9.29 Å². The number of benzene rings is 1. The number of esters is 1. The van der Waals surface area contributed by atoms with Gasteiger partial charge in [0.2, 0.25) is 0 Å². The first-order valence-corrected chi connectivity index (χ1v) is 9.09. The Kier molecular flexibility index (Phi) is 5.75. The molecule has 0 spiro atoms. The molecule has 2 rings (SSSR count). The molecule has 22 heavy (non-hydrogen) atoms. The lowest BCUT2D eigenvalue weighted by Gasteiger charge is -2.44. The molecule has 0 heterocycles. The largest absolute Gasteiger partial charge is 0.455 e. The minimum atomic E-state index is -1.88. The highest BCUT2D eigenvalue weighted by Gasteiger charge is 2.45. The zero-order valence-electron chi connectivity index (χ0n) is 13.2. The molecule has 0 aliphatic heterocycles. The summed E-state index contributed by atoms with van der Waals surface area (Å²) in [6, 6.07) is 8.91. The van der Waals surface area contributed by atoms with Gasteiger partial charge in [0.25, 0.3) is 0 Å². The van der Waals surface area contributed by atoms with Gasteiger partial charge in [-0.2, -0.15) is 0 Å². The Bertz CT molecular complexity index is 531. The van der Waals surface area contributed by atoms with Gasteiger partial charge in [-0.3, -0.25) is 0 Å². The molecule has 0 aromatic heterocycles. The van der Waals surface area contributed by atoms with Crippen LogP contribution in [0, 0.1) is 11.8 Å². The molecule has 4 nitrogen and oxygen atoms in total. The summed E-state index contributed by atoms with van der Waals surface area (Å²) in [6.07, 6.45) is 3.67. The van der Waals surface area contributed by atoms with Gasteiger partial charge in [-0.25, -0.2) is 9.00 Å². The van der Waals surface area contributed by atoms with Crippen LogP contribution in [0.2, 0.25) is 0 Å². The van der Waals surface area contributed by atoms with Crippen LogP contribution in [0.25, 0.3) is 0 Å². The maximum absolute atomic E-state index is 12.4. The van der Waals surface area contributed by atoms with Crippen molar-refractivity contribution in [2.45, 2.75) is 45.1 Å². The maximum atomic E-state index is 12.4. The summed E-state index contributed by atoms with van der Waals surface area (Å²) in [5.74, 6) is 0.0496. The van der Waals surface area contributed by atoms with Gasteiger partial charge in [0, 0.05) is 5.92 Å². The predicted molar refractivity (Wildman–Crippen MR) is 87.0 cm³/mol. The van der Waals surface area contributed by atoms with E-state index in [1.807, 2.05) is 13.0 Å². The normalized spacial score (nSPS) is 29.8. The molecule has 0 amide bonds. The van der Waals surface area contributed by atoms with Crippen molar-refractivity contribution < 1.29 is 18.3 Å². The number of carbonyl (C=O) groups excluding carboxylic acids is 1. The van der Waals surface area contributed by atoms with E-state index in [2.05, 4.69) is 6.92 Å². The zero-order chi connectivity index (χ0) is 16.2. The SMILES string of the molecule is CCC1CCCC(C)(OC(=O)c2ccccc2)C1CS(=O)O. The summed E-state index contributed by atoms with van der Waals surface area (Å²) in [6.45, 7) is 4.00. The van der Waals surface area contributed by atoms with E-state index >= 15 is 0 Å². The topological polar surface area (TPSA) is 63.6 Å². The second kappa shape index (κ2) is 7.38. The highest BCUT2D eigenvalue weighted by atomic mass is 32.2. The van der Waals surface area contributed by atoms with Crippen molar-refractivity contribution in [1.29, 1.82) is 0 Å². The van der Waals surface area contributed by atoms with E-state index < -0.39 is 16.7 Å². The fourth-order valence-electron chi connectivity index (χ4n) is 3.53. The Hall–Kier alpha value is -1.20. The quantitative estimate of drug-likeness (QED) is 0.663. The Balaban J connectivity index is 2.20. The molecule has 0 saturated heterocycles. The fourth-order valence-corrected chi connectivity index (χ4v) is 4.46. The first-order chi connectivity index (χ1) is 10.5. The Labute approximate surface area is 134 Å². The summed E-state index contributed by atoms with van der Waals surface area (Å²) < 4.78 is 26.5. The summed E-state index contributed by atoms with van der Waals surface area (Å²) in [5, 5.41) is 0. The molecular weight excluding hydrogens is 300 g/mol. The van der Waals surface area contributed by atoms with Gasteiger partial charge in [0.15, 0.2) is 11.1 Å². The standard InChI is InChI=1S/C17H24O4S/c1-3-13-10-7-11-17(2,15(13)12-22(19)20)21-16(18)14-8-5-4-6-9-14/h4-6,8-9,13,15H,3,7,10-12H2,1-2H3,(H,19,20). The minimum absolute atomic E-state index is 0.0789. The molecule has 1 fully saturated rings. The number of carbonyl (C=O) groups is 1. The van der Waals surface area contributed by atoms with Gasteiger partial charge in [-0.05, 0) is 44.2 Å². The van der Waals surface area contributed by atoms with Crippen LogP contribution >= 0.6 is 0 Å². The predicted octanol–water partition coefficient (Wildman–Crippen LogP) is 3.65. The molecule has 4 atom stereocenters. The van der Waals surface area contributed by atoms with Gasteiger partial charge in [-0.15, -0.1) is 0 Å². The first-order valence-electron chi connectivity index (χ1n) is 7.82. The molecule has 1 aliphatic rings. The van der Waals surface area contributed by atoms with Gasteiger partial charge in [-0.1, -0.05) is 31.5 Å². The van der Waals surface area contributed by atoms with Crippen LogP contribution < -0.4 is 0 Å². The van der Waals surface area contributed by atoms with Crippen LogP contribution in [0.5, 0.6) is 0 Å². The highest BCUT2D eigenvalue weighted by molar-refractivity contribution is 7.79. The molecule has 1 saturated carbocycles. The molecule has 1 aromatic carbocycles. The second-order valence-corrected chi connectivity index (χ2v) is 7.20. The third-order valence-electron chi connectivity index (χ3n) is 4.78. The zero-order valence-corrected chi connectivity index (χ0v) is 14.0. The van der Waals surface area contributed by atoms with Crippen molar-refractivity contribution >= 4 is 17.0 Å². The third kappa shape index (κ3) is 3.96. The van der Waals surface area contributed by atoms with E-state index in [0.717, 1.165) is 25.7 Å². The lowest BCUT2D eigenvalue weighted by Crippen LogP contribution is -2.48. The molecule has 5 heteroatoms. The van der Waals surface area contributed by atoms with Crippen LogP contribution in [0.1, 0.15) is 49.9 Å². The molecular formula is C17H24O4S. The Morgan fingerprint density at radius 2 is 2.09 bits per heavy atom. The molecule has 1 aliphatic carbocycles. The van der Waals surface area contributed by atoms with Crippen molar-refractivity contribution in [2.24, 2.45) is 11.8 Å². The van der Waals surface area contributed by atoms with Crippen molar-refractivity contribution in [3.63, 3.8) is 0 Å². The number of hydrogen-bond acceptors (Lipinski definition) is 3. The molecule has 122 valence electrons. The van der Waals surface area contributed by atoms with E-state index in [4.69, 9.17) is 4.74 Å². The van der Waals surface area contributed by atoms with E-state index in [9.17, 15) is 13.6 Å². The monoisotopic (exact) mass is 324 g/mol. The van der Waals surface area contributed by atoms with E-state index in [1.54, 1.807) is 24.3 Å². The van der Waals surface area contributed by atoms with Crippen LogP contribution in [0.3, 0.4) is 0 Å². The van der Waals surface area contributed by atoms with Crippen molar-refractivity contribution in [3.8, 4) is 0 Å². The average Bonchev–Trinajstić information content (AvgIpc) is 2.50. The van der Waals surface area contributed by atoms with Crippen molar-refractivity contribution in [2.75, 3.05) is 5.75 Å². The van der Waals surface area contributed by atoms with Crippen molar-refractivity contribution in [3.05, 3.63) is 35.9 Å². The number of hydrogen-bond donors (Lipinski definition) is 1. The fraction of sp³-hybridized carbons (Fsp3) is 0.588. The third-order valence-corrected chi connectivity index (χ3v) is 5.43. The highest BCUT2D eigenvalue weighted by Crippen LogP contribution is 2.42. The minimum Gasteiger partial charge on any atom is -0.455 e. The van der Waals surface area contributed by atoms with Crippen LogP contribution in [-0.2, 0) is 15.8 Å². The Morgan fingerprint density at radius 1 is 1.41 bits per heavy atom. The summed E-state index contributed by atoms with van der Waals surface area (Å²) >= 11 is -1.88. The van der Waals surface area contributed by atoms with Gasteiger partial charge in [0.1, 0.15) is 5.60 Å². The summed E-state index contributed by atoms with van der Waals surface area (Å²) in [5.41, 5.74) is -0.157. The molecule has 1 aromatic rings. The number of ether oxygens (including phenoxy) is 1. The lowest BCUT2D eigenvalue weighted by molar-refractivity contribution is -0.0724. The lowest BCUT2D eigenvalue weighted by atomic mass is 9.69. The van der Waals surface area contributed by atoms with Crippen LogP contribution in [-0.4, -0.2) is 26.1 Å². The second-order valence-electron chi connectivity index (χ2n) is 6.22. The number of rotatable bonds is 5.